The van der Waals surface area contributed by atoms with Crippen molar-refractivity contribution >= 4 is 5.91 Å². The quantitative estimate of drug-likeness (QED) is 0.782. The van der Waals surface area contributed by atoms with Gasteiger partial charge in [-0.2, -0.15) is 0 Å². The van der Waals surface area contributed by atoms with Crippen LogP contribution >= 0.6 is 0 Å². The maximum absolute atomic E-state index is 12.5. The van der Waals surface area contributed by atoms with Gasteiger partial charge in [-0.3, -0.25) is 4.79 Å². The van der Waals surface area contributed by atoms with Crippen molar-refractivity contribution in [2.45, 2.75) is 63.8 Å². The number of nitrogens with one attached hydrogen (secondary N) is 1. The molecule has 0 aromatic heterocycles. The highest BCUT2D eigenvalue weighted by Gasteiger charge is 2.25. The summed E-state index contributed by atoms with van der Waals surface area (Å²) in [5, 5.41) is 12.6. The van der Waals surface area contributed by atoms with E-state index in [-0.39, 0.29) is 12.5 Å². The van der Waals surface area contributed by atoms with E-state index >= 15 is 0 Å². The van der Waals surface area contributed by atoms with Crippen LogP contribution in [0.25, 0.3) is 0 Å². The average Bonchev–Trinajstić information content (AvgIpc) is 2.52. The summed E-state index contributed by atoms with van der Waals surface area (Å²) in [7, 11) is 0. The van der Waals surface area contributed by atoms with E-state index in [0.717, 1.165) is 32.4 Å². The average molecular weight is 282 g/mol. The highest BCUT2D eigenvalue weighted by atomic mass is 16.3. The van der Waals surface area contributed by atoms with E-state index < -0.39 is 0 Å². The molecule has 0 aromatic carbocycles. The summed E-state index contributed by atoms with van der Waals surface area (Å²) in [4.78, 5) is 14.4. The molecule has 1 aliphatic carbocycles. The SMILES string of the molecule is O=C(CCC1CCCNC1)N(CCO)C1CCCCC1. The minimum atomic E-state index is 0.0905. The monoisotopic (exact) mass is 282 g/mol. The molecule has 1 atom stereocenters. The van der Waals surface area contributed by atoms with Gasteiger partial charge in [0.15, 0.2) is 0 Å². The summed E-state index contributed by atoms with van der Waals surface area (Å²) in [6.45, 7) is 2.81. The van der Waals surface area contributed by atoms with E-state index in [2.05, 4.69) is 5.32 Å². The van der Waals surface area contributed by atoms with Crippen LogP contribution in [0.15, 0.2) is 0 Å². The lowest BCUT2D eigenvalue weighted by Gasteiger charge is -2.34. The van der Waals surface area contributed by atoms with Gasteiger partial charge < -0.3 is 15.3 Å². The lowest BCUT2D eigenvalue weighted by molar-refractivity contribution is -0.135. The van der Waals surface area contributed by atoms with Gasteiger partial charge in [-0.15, -0.1) is 0 Å². The van der Waals surface area contributed by atoms with E-state index in [4.69, 9.17) is 0 Å². The van der Waals surface area contributed by atoms with Crippen LogP contribution in [-0.4, -0.2) is 48.2 Å². The van der Waals surface area contributed by atoms with Crippen LogP contribution in [0, 0.1) is 5.92 Å². The number of carbonyl (C=O) groups is 1. The molecular formula is C16H30N2O2. The number of aliphatic hydroxyl groups excluding tert-OH is 1. The van der Waals surface area contributed by atoms with Crippen molar-refractivity contribution in [2.75, 3.05) is 26.2 Å². The minimum absolute atomic E-state index is 0.0905. The molecule has 4 nitrogen and oxygen atoms in total. The predicted octanol–water partition coefficient (Wildman–Crippen LogP) is 1.92. The lowest BCUT2D eigenvalue weighted by atomic mass is 9.92. The second-order valence-corrected chi connectivity index (χ2v) is 6.35. The topological polar surface area (TPSA) is 52.6 Å². The maximum Gasteiger partial charge on any atom is 0.222 e. The first kappa shape index (κ1) is 15.8. The van der Waals surface area contributed by atoms with Gasteiger partial charge in [0, 0.05) is 19.0 Å². The zero-order valence-corrected chi connectivity index (χ0v) is 12.6. The van der Waals surface area contributed by atoms with E-state index in [1.54, 1.807) is 0 Å². The zero-order valence-electron chi connectivity index (χ0n) is 12.6. The van der Waals surface area contributed by atoms with Crippen LogP contribution in [0.2, 0.25) is 0 Å². The van der Waals surface area contributed by atoms with E-state index in [1.165, 1.54) is 32.1 Å². The Kier molecular flexibility index (Phi) is 6.80. The van der Waals surface area contributed by atoms with Crippen LogP contribution in [0.1, 0.15) is 57.8 Å². The van der Waals surface area contributed by atoms with Crippen molar-refractivity contribution in [1.82, 2.24) is 10.2 Å². The molecule has 2 N–H and O–H groups in total. The Balaban J connectivity index is 1.79. The van der Waals surface area contributed by atoms with Gasteiger partial charge in [0.25, 0.3) is 0 Å². The highest BCUT2D eigenvalue weighted by molar-refractivity contribution is 5.76. The molecule has 1 saturated carbocycles. The Morgan fingerprint density at radius 1 is 1.15 bits per heavy atom. The normalized spacial score (nSPS) is 24.6. The molecular weight excluding hydrogens is 252 g/mol. The van der Waals surface area contributed by atoms with Gasteiger partial charge in [0.2, 0.25) is 5.91 Å². The molecule has 0 aromatic rings. The predicted molar refractivity (Wildman–Crippen MR) is 80.5 cm³/mol. The molecule has 1 unspecified atom stereocenters. The Morgan fingerprint density at radius 3 is 2.60 bits per heavy atom. The fraction of sp³-hybridized carbons (Fsp3) is 0.938. The summed E-state index contributed by atoms with van der Waals surface area (Å²) in [5.41, 5.74) is 0. The number of hydrogen-bond acceptors (Lipinski definition) is 3. The smallest absolute Gasteiger partial charge is 0.222 e. The third-order valence-corrected chi connectivity index (χ3v) is 4.84. The molecule has 0 bridgehead atoms. The number of aliphatic hydroxyl groups is 1. The second kappa shape index (κ2) is 8.63. The first-order chi connectivity index (χ1) is 9.81. The van der Waals surface area contributed by atoms with E-state index in [9.17, 15) is 9.90 Å². The van der Waals surface area contributed by atoms with Crippen molar-refractivity contribution in [3.05, 3.63) is 0 Å². The zero-order chi connectivity index (χ0) is 14.2. The third-order valence-electron chi connectivity index (χ3n) is 4.84. The van der Waals surface area contributed by atoms with Crippen LogP contribution in [0.3, 0.4) is 0 Å². The van der Waals surface area contributed by atoms with Crippen LogP contribution in [0.5, 0.6) is 0 Å². The summed E-state index contributed by atoms with van der Waals surface area (Å²) in [5.74, 6) is 0.923. The molecule has 1 heterocycles. The first-order valence-corrected chi connectivity index (χ1v) is 8.42. The minimum Gasteiger partial charge on any atom is -0.395 e. The number of hydrogen-bond donors (Lipinski definition) is 2. The largest absolute Gasteiger partial charge is 0.395 e. The van der Waals surface area contributed by atoms with Gasteiger partial charge in [0.1, 0.15) is 0 Å². The van der Waals surface area contributed by atoms with Crippen molar-refractivity contribution in [3.63, 3.8) is 0 Å². The van der Waals surface area contributed by atoms with Gasteiger partial charge in [0.05, 0.1) is 6.61 Å². The molecule has 1 saturated heterocycles. The van der Waals surface area contributed by atoms with Crippen molar-refractivity contribution < 1.29 is 9.90 Å². The molecule has 116 valence electrons. The van der Waals surface area contributed by atoms with Gasteiger partial charge in [-0.1, -0.05) is 19.3 Å². The van der Waals surface area contributed by atoms with Gasteiger partial charge >= 0.3 is 0 Å². The molecule has 20 heavy (non-hydrogen) atoms. The molecule has 2 rings (SSSR count). The summed E-state index contributed by atoms with van der Waals surface area (Å²) in [6, 6.07) is 0.382. The maximum atomic E-state index is 12.5. The number of piperidine rings is 1. The molecule has 0 spiro atoms. The van der Waals surface area contributed by atoms with Crippen molar-refractivity contribution in [1.29, 1.82) is 0 Å². The second-order valence-electron chi connectivity index (χ2n) is 6.35. The summed E-state index contributed by atoms with van der Waals surface area (Å²) in [6.07, 6.45) is 10.1. The van der Waals surface area contributed by atoms with Crippen LogP contribution in [0.4, 0.5) is 0 Å². The standard InChI is InChI=1S/C16H30N2O2/c19-12-11-18(15-6-2-1-3-7-15)16(20)9-8-14-5-4-10-17-13-14/h14-15,17,19H,1-13H2. The fourth-order valence-electron chi connectivity index (χ4n) is 3.65. The van der Waals surface area contributed by atoms with E-state index in [0.29, 0.717) is 24.9 Å². The fourth-order valence-corrected chi connectivity index (χ4v) is 3.65. The molecule has 1 amide bonds. The van der Waals surface area contributed by atoms with Crippen LogP contribution < -0.4 is 5.32 Å². The molecule has 1 aliphatic heterocycles. The molecule has 4 heteroatoms. The highest BCUT2D eigenvalue weighted by Crippen LogP contribution is 2.24. The molecule has 2 aliphatic rings. The summed E-state index contributed by atoms with van der Waals surface area (Å²) < 4.78 is 0. The lowest BCUT2D eigenvalue weighted by Crippen LogP contribution is -2.43. The Morgan fingerprint density at radius 2 is 1.95 bits per heavy atom. The number of nitrogens with zero attached hydrogens (tertiary/aromatic N) is 1. The number of carbonyl (C=O) groups excluding carboxylic acids is 1. The van der Waals surface area contributed by atoms with Gasteiger partial charge in [-0.25, -0.2) is 0 Å². The Labute approximate surface area is 122 Å². The molecule has 2 fully saturated rings. The Hall–Kier alpha value is -0.610. The van der Waals surface area contributed by atoms with Crippen molar-refractivity contribution in [2.24, 2.45) is 5.92 Å². The Bertz CT molecular complexity index is 284. The van der Waals surface area contributed by atoms with Gasteiger partial charge in [-0.05, 0) is 51.1 Å². The van der Waals surface area contributed by atoms with E-state index in [1.807, 2.05) is 4.90 Å². The third kappa shape index (κ3) is 4.74. The van der Waals surface area contributed by atoms with Crippen LogP contribution in [-0.2, 0) is 4.79 Å². The number of amides is 1. The van der Waals surface area contributed by atoms with Crippen molar-refractivity contribution in [3.8, 4) is 0 Å². The molecule has 0 radical (unpaired) electrons. The number of rotatable bonds is 6. The summed E-state index contributed by atoms with van der Waals surface area (Å²) >= 11 is 0. The first-order valence-electron chi connectivity index (χ1n) is 8.42.